The topological polar surface area (TPSA) is 70.9 Å². The Kier molecular flexibility index (Phi) is 4.82. The molecule has 0 aromatic carbocycles. The van der Waals surface area contributed by atoms with Gasteiger partial charge in [0.25, 0.3) is 0 Å². The van der Waals surface area contributed by atoms with Crippen molar-refractivity contribution >= 4 is 11.5 Å². The maximum Gasteiger partial charge on any atom is 0.141 e. The van der Waals surface area contributed by atoms with Crippen LogP contribution in [0.4, 0.5) is 0 Å². The van der Waals surface area contributed by atoms with Crippen molar-refractivity contribution in [3.05, 3.63) is 0 Å². The fourth-order valence-electron chi connectivity index (χ4n) is 7.89. The van der Waals surface area contributed by atoms with Crippen LogP contribution in [0.2, 0.25) is 0 Å². The summed E-state index contributed by atoms with van der Waals surface area (Å²) in [4.78, 5) is 18.4. The van der Waals surface area contributed by atoms with Crippen LogP contribution in [0, 0.1) is 34.5 Å². The Hall–Kier alpha value is -0.940. The number of carbonyl (C=O) groups excluding carboxylic acids is 1. The maximum atomic E-state index is 12.6. The van der Waals surface area contributed by atoms with E-state index in [0.717, 1.165) is 64.5 Å². The van der Waals surface area contributed by atoms with E-state index < -0.39 is 0 Å². The number of nitrogens with one attached hydrogen (secondary N) is 1. The van der Waals surface area contributed by atoms with E-state index in [2.05, 4.69) is 17.4 Å². The van der Waals surface area contributed by atoms with Crippen molar-refractivity contribution in [2.75, 3.05) is 19.7 Å². The Bertz CT molecular complexity index is 658. The Morgan fingerprint density at radius 2 is 2.04 bits per heavy atom. The molecular weight excluding hydrogens is 352 g/mol. The molecule has 4 saturated carbocycles. The van der Waals surface area contributed by atoms with Gasteiger partial charge in [-0.05, 0) is 81.6 Å². The number of ketones is 1. The first-order valence-corrected chi connectivity index (χ1v) is 11.6. The van der Waals surface area contributed by atoms with E-state index in [0.29, 0.717) is 36.1 Å². The lowest BCUT2D eigenvalue weighted by Crippen LogP contribution is -2.56. The van der Waals surface area contributed by atoms with E-state index in [-0.39, 0.29) is 16.9 Å². The highest BCUT2D eigenvalue weighted by Crippen LogP contribution is 2.65. The SMILES string of the molecule is CC12CCC3C(CCC4C/C(=N/OC5CCNC5)CCC43CO)C1CCC2=O. The summed E-state index contributed by atoms with van der Waals surface area (Å²) in [6, 6.07) is 0. The molecular formula is C23H36N2O3. The quantitative estimate of drug-likeness (QED) is 0.728. The summed E-state index contributed by atoms with van der Waals surface area (Å²) in [5, 5.41) is 18.5. The zero-order chi connectivity index (χ0) is 19.4. The molecule has 5 heteroatoms. The predicted octanol–water partition coefficient (Wildman–Crippen LogP) is 3.31. The van der Waals surface area contributed by atoms with Crippen molar-refractivity contribution < 1.29 is 14.7 Å². The summed E-state index contributed by atoms with van der Waals surface area (Å²) in [5.41, 5.74) is 1.18. The molecule has 5 fully saturated rings. The van der Waals surface area contributed by atoms with E-state index in [9.17, 15) is 9.90 Å². The zero-order valence-electron chi connectivity index (χ0n) is 17.3. The lowest BCUT2D eigenvalue weighted by Gasteiger charge is -2.60. The Labute approximate surface area is 168 Å². The normalized spacial score (nSPS) is 49.6. The second kappa shape index (κ2) is 7.09. The van der Waals surface area contributed by atoms with Crippen LogP contribution in [0.3, 0.4) is 0 Å². The molecule has 4 aliphatic carbocycles. The van der Waals surface area contributed by atoms with E-state index in [1.54, 1.807) is 0 Å². The first-order chi connectivity index (χ1) is 13.6. The molecule has 156 valence electrons. The molecule has 1 aliphatic heterocycles. The Morgan fingerprint density at radius 3 is 2.82 bits per heavy atom. The van der Waals surface area contributed by atoms with E-state index in [1.807, 2.05) is 0 Å². The molecule has 0 aromatic rings. The lowest BCUT2D eigenvalue weighted by molar-refractivity contribution is -0.143. The van der Waals surface area contributed by atoms with Crippen LogP contribution < -0.4 is 5.32 Å². The summed E-state index contributed by atoms with van der Waals surface area (Å²) in [7, 11) is 0. The highest BCUT2D eigenvalue weighted by atomic mass is 16.6. The van der Waals surface area contributed by atoms with Gasteiger partial charge in [-0.15, -0.1) is 0 Å². The number of carbonyl (C=O) groups is 1. The first-order valence-electron chi connectivity index (χ1n) is 11.6. The van der Waals surface area contributed by atoms with E-state index >= 15 is 0 Å². The first kappa shape index (κ1) is 19.0. The third-order valence-corrected chi connectivity index (χ3v) is 9.55. The van der Waals surface area contributed by atoms with Gasteiger partial charge in [0.1, 0.15) is 11.9 Å². The number of oxime groups is 1. The number of aliphatic hydroxyl groups excluding tert-OH is 1. The summed E-state index contributed by atoms with van der Waals surface area (Å²) in [5.74, 6) is 2.80. The third kappa shape index (κ3) is 2.79. The summed E-state index contributed by atoms with van der Waals surface area (Å²) in [6.07, 6.45) is 10.7. The van der Waals surface area contributed by atoms with Crippen molar-refractivity contribution in [1.82, 2.24) is 5.32 Å². The third-order valence-electron chi connectivity index (χ3n) is 9.55. The van der Waals surface area contributed by atoms with Crippen LogP contribution in [0.15, 0.2) is 5.16 Å². The van der Waals surface area contributed by atoms with Gasteiger partial charge >= 0.3 is 0 Å². The minimum absolute atomic E-state index is 0.0455. The van der Waals surface area contributed by atoms with Crippen LogP contribution in [0.1, 0.15) is 71.1 Å². The van der Waals surface area contributed by atoms with Gasteiger partial charge in [-0.25, -0.2) is 0 Å². The van der Waals surface area contributed by atoms with Gasteiger partial charge < -0.3 is 15.3 Å². The van der Waals surface area contributed by atoms with E-state index in [1.165, 1.54) is 18.6 Å². The van der Waals surface area contributed by atoms with Gasteiger partial charge in [0.2, 0.25) is 0 Å². The molecule has 5 rings (SSSR count). The van der Waals surface area contributed by atoms with Crippen molar-refractivity contribution in [3.63, 3.8) is 0 Å². The van der Waals surface area contributed by atoms with Crippen molar-refractivity contribution in [1.29, 1.82) is 0 Å². The largest absolute Gasteiger partial charge is 0.396 e. The molecule has 0 spiro atoms. The van der Waals surface area contributed by atoms with Gasteiger partial charge in [0.05, 0.1) is 5.71 Å². The minimum Gasteiger partial charge on any atom is -0.396 e. The highest BCUT2D eigenvalue weighted by Gasteiger charge is 2.61. The fraction of sp³-hybridized carbons (Fsp3) is 0.913. The number of Topliss-reactive ketones (excluding diaryl/α,β-unsaturated/α-hetero) is 1. The molecule has 1 saturated heterocycles. The molecule has 1 heterocycles. The number of fused-ring (bicyclic) bond motifs is 5. The monoisotopic (exact) mass is 388 g/mol. The van der Waals surface area contributed by atoms with Gasteiger partial charge in [-0.3, -0.25) is 4.79 Å². The molecule has 0 amide bonds. The second-order valence-electron chi connectivity index (χ2n) is 10.5. The minimum atomic E-state index is -0.0743. The average Bonchev–Trinajstić information content (AvgIpc) is 3.34. The van der Waals surface area contributed by atoms with Crippen LogP contribution in [-0.4, -0.2) is 42.4 Å². The number of aliphatic hydroxyl groups is 1. The fourth-order valence-corrected chi connectivity index (χ4v) is 7.89. The summed E-state index contributed by atoms with van der Waals surface area (Å²) >= 11 is 0. The smallest absolute Gasteiger partial charge is 0.141 e. The molecule has 0 radical (unpaired) electrons. The van der Waals surface area contributed by atoms with Crippen LogP contribution in [0.25, 0.3) is 0 Å². The Morgan fingerprint density at radius 1 is 1.14 bits per heavy atom. The Balaban J connectivity index is 1.33. The molecule has 7 atom stereocenters. The molecule has 28 heavy (non-hydrogen) atoms. The lowest BCUT2D eigenvalue weighted by atomic mass is 9.45. The molecule has 0 aromatic heterocycles. The van der Waals surface area contributed by atoms with E-state index in [4.69, 9.17) is 4.84 Å². The van der Waals surface area contributed by atoms with Gasteiger partial charge in [0, 0.05) is 36.8 Å². The standard InChI is InChI=1S/C23H36N2O3/c1-22-9-7-20-18(19(22)4-5-21(22)27)3-2-15-12-16(6-10-23(15,20)14-26)25-28-17-8-11-24-13-17/h15,17-20,24,26H,2-14H2,1H3/b25-16+. The summed E-state index contributed by atoms with van der Waals surface area (Å²) < 4.78 is 0. The van der Waals surface area contributed by atoms with Gasteiger partial charge in [0.15, 0.2) is 0 Å². The van der Waals surface area contributed by atoms with Crippen LogP contribution >= 0.6 is 0 Å². The molecule has 2 N–H and O–H groups in total. The highest BCUT2D eigenvalue weighted by molar-refractivity contribution is 5.87. The predicted molar refractivity (Wildman–Crippen MR) is 108 cm³/mol. The van der Waals surface area contributed by atoms with Crippen LogP contribution in [0.5, 0.6) is 0 Å². The second-order valence-corrected chi connectivity index (χ2v) is 10.5. The van der Waals surface area contributed by atoms with Gasteiger partial charge in [-0.2, -0.15) is 0 Å². The number of hydrogen-bond donors (Lipinski definition) is 2. The summed E-state index contributed by atoms with van der Waals surface area (Å²) in [6.45, 7) is 4.47. The number of rotatable bonds is 3. The van der Waals surface area contributed by atoms with Crippen molar-refractivity contribution in [2.45, 2.75) is 77.2 Å². The van der Waals surface area contributed by atoms with Crippen LogP contribution in [-0.2, 0) is 9.63 Å². The molecule has 5 aliphatic rings. The molecule has 0 bridgehead atoms. The van der Waals surface area contributed by atoms with Crippen molar-refractivity contribution in [3.8, 4) is 0 Å². The number of hydrogen-bond acceptors (Lipinski definition) is 5. The van der Waals surface area contributed by atoms with Gasteiger partial charge in [-0.1, -0.05) is 12.1 Å². The van der Waals surface area contributed by atoms with Crippen molar-refractivity contribution in [2.24, 2.45) is 39.7 Å². The molecule has 7 unspecified atom stereocenters. The molecule has 5 nitrogen and oxygen atoms in total. The number of nitrogens with zero attached hydrogens (tertiary/aromatic N) is 1. The zero-order valence-corrected chi connectivity index (χ0v) is 17.3. The maximum absolute atomic E-state index is 12.6. The average molecular weight is 389 g/mol.